The normalized spacial score (nSPS) is 27.7. The topological polar surface area (TPSA) is 32.3 Å². The van der Waals surface area contributed by atoms with Gasteiger partial charge in [0.15, 0.2) is 5.11 Å². The maximum atomic E-state index is 12.6. The van der Waals surface area contributed by atoms with Crippen LogP contribution in [0.3, 0.4) is 0 Å². The summed E-state index contributed by atoms with van der Waals surface area (Å²) in [6, 6.07) is 9.90. The lowest BCUT2D eigenvalue weighted by Crippen LogP contribution is -2.60. The van der Waals surface area contributed by atoms with Gasteiger partial charge in [-0.15, -0.1) is 0 Å². The van der Waals surface area contributed by atoms with E-state index in [-0.39, 0.29) is 17.9 Å². The van der Waals surface area contributed by atoms with Crippen LogP contribution >= 0.6 is 12.2 Å². The maximum absolute atomic E-state index is 12.6. The quantitative estimate of drug-likeness (QED) is 0.787. The van der Waals surface area contributed by atoms with Crippen molar-refractivity contribution in [2.75, 3.05) is 4.90 Å². The van der Waals surface area contributed by atoms with Crippen LogP contribution in [-0.2, 0) is 4.79 Å². The van der Waals surface area contributed by atoms with Gasteiger partial charge in [0.25, 0.3) is 0 Å². The predicted octanol–water partition coefficient (Wildman–Crippen LogP) is 2.47. The Labute approximate surface area is 112 Å². The Bertz CT molecular complexity index is 474. The highest BCUT2D eigenvalue weighted by Crippen LogP contribution is 2.31. The minimum Gasteiger partial charge on any atom is -0.358 e. The number of nitrogens with one attached hydrogen (secondary N) is 1. The summed E-state index contributed by atoms with van der Waals surface area (Å²) in [5.74, 6) is 0.250. The molecule has 0 aromatic heterocycles. The molecule has 0 radical (unpaired) electrons. The zero-order chi connectivity index (χ0) is 12.5. The maximum Gasteiger partial charge on any atom is 0.238 e. The fourth-order valence-corrected chi connectivity index (χ4v) is 3.26. The predicted molar refractivity (Wildman–Crippen MR) is 75.4 cm³/mol. The highest BCUT2D eigenvalue weighted by Gasteiger charge is 2.40. The molecule has 1 aromatic carbocycles. The van der Waals surface area contributed by atoms with Gasteiger partial charge in [-0.2, -0.15) is 0 Å². The first-order chi connectivity index (χ1) is 8.77. The van der Waals surface area contributed by atoms with E-state index in [1.807, 2.05) is 30.3 Å². The van der Waals surface area contributed by atoms with Crippen molar-refractivity contribution in [1.82, 2.24) is 5.32 Å². The van der Waals surface area contributed by atoms with Crippen molar-refractivity contribution in [3.63, 3.8) is 0 Å². The SMILES string of the molecule is O=C1[C@@H]2CCCC[C@@H]2NC(=S)N1c1ccccc1. The van der Waals surface area contributed by atoms with E-state index in [1.54, 1.807) is 4.90 Å². The Hall–Kier alpha value is -1.42. The summed E-state index contributed by atoms with van der Waals surface area (Å²) >= 11 is 5.35. The van der Waals surface area contributed by atoms with E-state index >= 15 is 0 Å². The standard InChI is InChI=1S/C14H16N2OS/c17-13-11-8-4-5-9-12(11)15-14(18)16(13)10-6-2-1-3-7-10/h1-3,6-7,11-12H,4-5,8-9H2,(H,15,18)/t11-,12+/m1/s1. The van der Waals surface area contributed by atoms with Gasteiger partial charge in [-0.3, -0.25) is 9.69 Å². The molecule has 2 aliphatic rings. The zero-order valence-electron chi connectivity index (χ0n) is 10.1. The van der Waals surface area contributed by atoms with Crippen molar-refractivity contribution < 1.29 is 4.79 Å². The molecule has 3 rings (SSSR count). The minimum absolute atomic E-state index is 0.0886. The van der Waals surface area contributed by atoms with Gasteiger partial charge in [0, 0.05) is 6.04 Å². The first-order valence-electron chi connectivity index (χ1n) is 6.47. The van der Waals surface area contributed by atoms with E-state index in [9.17, 15) is 4.79 Å². The summed E-state index contributed by atoms with van der Waals surface area (Å²) in [6.45, 7) is 0. The summed E-state index contributed by atoms with van der Waals surface area (Å²) in [6.07, 6.45) is 4.36. The molecule has 1 N–H and O–H groups in total. The van der Waals surface area contributed by atoms with Gasteiger partial charge in [-0.1, -0.05) is 31.0 Å². The average molecular weight is 260 g/mol. The lowest BCUT2D eigenvalue weighted by atomic mass is 9.82. The van der Waals surface area contributed by atoms with Crippen LogP contribution in [0.5, 0.6) is 0 Å². The Morgan fingerprint density at radius 1 is 1.17 bits per heavy atom. The van der Waals surface area contributed by atoms with Crippen molar-refractivity contribution in [3.8, 4) is 0 Å². The summed E-state index contributed by atoms with van der Waals surface area (Å²) in [5.41, 5.74) is 0.865. The van der Waals surface area contributed by atoms with Crippen molar-refractivity contribution in [1.29, 1.82) is 0 Å². The Morgan fingerprint density at radius 2 is 1.89 bits per heavy atom. The largest absolute Gasteiger partial charge is 0.358 e. The summed E-state index contributed by atoms with van der Waals surface area (Å²) in [7, 11) is 0. The number of anilines is 1. The van der Waals surface area contributed by atoms with Crippen molar-refractivity contribution >= 4 is 28.9 Å². The summed E-state index contributed by atoms with van der Waals surface area (Å²) < 4.78 is 0. The van der Waals surface area contributed by atoms with Crippen LogP contribution in [0.1, 0.15) is 25.7 Å². The number of carbonyl (C=O) groups is 1. The second-order valence-electron chi connectivity index (χ2n) is 4.96. The smallest absolute Gasteiger partial charge is 0.238 e. The highest BCUT2D eigenvalue weighted by molar-refractivity contribution is 7.80. The third kappa shape index (κ3) is 1.90. The van der Waals surface area contributed by atoms with Gasteiger partial charge >= 0.3 is 0 Å². The van der Waals surface area contributed by atoms with E-state index < -0.39 is 0 Å². The molecule has 18 heavy (non-hydrogen) atoms. The number of nitrogens with zero attached hydrogens (tertiary/aromatic N) is 1. The Balaban J connectivity index is 1.91. The molecule has 0 bridgehead atoms. The highest BCUT2D eigenvalue weighted by atomic mass is 32.1. The number of amides is 1. The molecule has 4 heteroatoms. The molecule has 1 heterocycles. The molecule has 1 saturated carbocycles. The van der Waals surface area contributed by atoms with Crippen molar-refractivity contribution in [2.24, 2.45) is 5.92 Å². The lowest BCUT2D eigenvalue weighted by Gasteiger charge is -2.41. The van der Waals surface area contributed by atoms with Crippen LogP contribution in [0.25, 0.3) is 0 Å². The molecule has 0 unspecified atom stereocenters. The minimum atomic E-state index is 0.0886. The van der Waals surface area contributed by atoms with Gasteiger partial charge in [0.05, 0.1) is 11.6 Å². The van der Waals surface area contributed by atoms with Gasteiger partial charge in [-0.25, -0.2) is 0 Å². The zero-order valence-corrected chi connectivity index (χ0v) is 11.0. The second kappa shape index (κ2) is 4.69. The number of hydrogen-bond donors (Lipinski definition) is 1. The fraction of sp³-hybridized carbons (Fsp3) is 0.429. The number of fused-ring (bicyclic) bond motifs is 1. The van der Waals surface area contributed by atoms with Crippen LogP contribution in [0.15, 0.2) is 30.3 Å². The van der Waals surface area contributed by atoms with E-state index in [0.717, 1.165) is 24.9 Å². The second-order valence-corrected chi connectivity index (χ2v) is 5.34. The monoisotopic (exact) mass is 260 g/mol. The molecule has 1 aliphatic heterocycles. The van der Waals surface area contributed by atoms with Crippen LogP contribution in [0.4, 0.5) is 5.69 Å². The van der Waals surface area contributed by atoms with Gasteiger partial charge < -0.3 is 5.32 Å². The molecule has 1 amide bonds. The molecular weight excluding hydrogens is 244 g/mol. The van der Waals surface area contributed by atoms with E-state index in [2.05, 4.69) is 5.32 Å². The van der Waals surface area contributed by atoms with Crippen LogP contribution in [0, 0.1) is 5.92 Å². The number of para-hydroxylation sites is 1. The molecule has 94 valence electrons. The number of hydrogen-bond acceptors (Lipinski definition) is 2. The van der Waals surface area contributed by atoms with Crippen LogP contribution in [0.2, 0.25) is 0 Å². The molecule has 2 fully saturated rings. The number of benzene rings is 1. The molecular formula is C14H16N2OS. The van der Waals surface area contributed by atoms with E-state index in [4.69, 9.17) is 12.2 Å². The van der Waals surface area contributed by atoms with E-state index in [1.165, 1.54) is 6.42 Å². The molecule has 3 nitrogen and oxygen atoms in total. The molecule has 1 aliphatic carbocycles. The summed E-state index contributed by atoms with van der Waals surface area (Å²) in [4.78, 5) is 14.2. The Morgan fingerprint density at radius 3 is 2.67 bits per heavy atom. The van der Waals surface area contributed by atoms with Gasteiger partial charge in [-0.05, 0) is 37.2 Å². The first kappa shape index (κ1) is 11.7. The fourth-order valence-electron chi connectivity index (χ4n) is 2.91. The molecule has 0 spiro atoms. The average Bonchev–Trinajstić information content (AvgIpc) is 2.40. The first-order valence-corrected chi connectivity index (χ1v) is 6.88. The number of thiocarbonyl (C=S) groups is 1. The Kier molecular flexibility index (Phi) is 3.04. The van der Waals surface area contributed by atoms with Gasteiger partial charge in [0.2, 0.25) is 5.91 Å². The third-order valence-electron chi connectivity index (χ3n) is 3.83. The molecule has 2 atom stereocenters. The third-order valence-corrected chi connectivity index (χ3v) is 4.13. The van der Waals surface area contributed by atoms with E-state index in [0.29, 0.717) is 5.11 Å². The van der Waals surface area contributed by atoms with Gasteiger partial charge in [0.1, 0.15) is 0 Å². The van der Waals surface area contributed by atoms with Crippen molar-refractivity contribution in [3.05, 3.63) is 30.3 Å². The number of carbonyl (C=O) groups excluding carboxylic acids is 1. The summed E-state index contributed by atoms with van der Waals surface area (Å²) in [5, 5.41) is 3.88. The molecule has 1 saturated heterocycles. The van der Waals surface area contributed by atoms with Crippen LogP contribution in [-0.4, -0.2) is 17.1 Å². The lowest BCUT2D eigenvalue weighted by molar-refractivity contribution is -0.123. The number of rotatable bonds is 1. The van der Waals surface area contributed by atoms with Crippen LogP contribution < -0.4 is 10.2 Å². The molecule has 1 aromatic rings. The van der Waals surface area contributed by atoms with Crippen molar-refractivity contribution in [2.45, 2.75) is 31.7 Å².